The summed E-state index contributed by atoms with van der Waals surface area (Å²) in [5, 5.41) is -2.13. The van der Waals surface area contributed by atoms with Gasteiger partial charge in [0.25, 0.3) is 0 Å². The van der Waals surface area contributed by atoms with E-state index in [-0.39, 0.29) is 4.47 Å². The van der Waals surface area contributed by atoms with Crippen molar-refractivity contribution in [3.8, 4) is 0 Å². The van der Waals surface area contributed by atoms with Crippen molar-refractivity contribution in [2.45, 2.75) is 11.4 Å². The van der Waals surface area contributed by atoms with Crippen LogP contribution in [-0.2, 0) is 25.5 Å². The highest BCUT2D eigenvalue weighted by Gasteiger charge is 2.42. The van der Waals surface area contributed by atoms with E-state index in [1.54, 1.807) is 0 Å². The largest absolute Gasteiger partial charge is 0.468 e. The molecule has 0 amide bonds. The van der Waals surface area contributed by atoms with Gasteiger partial charge in [0.2, 0.25) is 5.25 Å². The lowest BCUT2D eigenvalue weighted by atomic mass is 10.1. The van der Waals surface area contributed by atoms with Gasteiger partial charge in [-0.1, -0.05) is 0 Å². The van der Waals surface area contributed by atoms with Crippen LogP contribution in [0.4, 0.5) is 13.2 Å². The first-order chi connectivity index (χ1) is 8.98. The molecule has 0 aromatic carbocycles. The van der Waals surface area contributed by atoms with E-state index < -0.39 is 38.5 Å². The third kappa shape index (κ3) is 3.69. The summed E-state index contributed by atoms with van der Waals surface area (Å²) in [6.45, 7) is 0. The van der Waals surface area contributed by atoms with E-state index in [0.29, 0.717) is 12.3 Å². The standard InChI is InChI=1S/C10H9BrF3NO4S/c1-19-9(16)8(20(2,17)18)7-6(10(12,13)14)3-5(11)4-15-7/h3-4,8H,1-2H3. The predicted molar refractivity (Wildman–Crippen MR) is 66.5 cm³/mol. The number of rotatable bonds is 3. The normalized spacial score (nSPS) is 13.9. The molecule has 0 aliphatic heterocycles. The number of nitrogens with zero attached hydrogens (tertiary/aromatic N) is 1. The number of halogens is 4. The predicted octanol–water partition coefficient (Wildman–Crippen LogP) is 2.12. The van der Waals surface area contributed by atoms with Gasteiger partial charge in [-0.05, 0) is 22.0 Å². The maximum absolute atomic E-state index is 12.9. The molecule has 5 nitrogen and oxygen atoms in total. The molecule has 1 aromatic heterocycles. The molecule has 112 valence electrons. The van der Waals surface area contributed by atoms with Gasteiger partial charge in [0, 0.05) is 16.9 Å². The number of hydrogen-bond donors (Lipinski definition) is 0. The second kappa shape index (κ2) is 5.68. The number of pyridine rings is 1. The van der Waals surface area contributed by atoms with Crippen molar-refractivity contribution < 1.29 is 31.1 Å². The van der Waals surface area contributed by atoms with Gasteiger partial charge < -0.3 is 4.74 Å². The number of hydrogen-bond acceptors (Lipinski definition) is 5. The molecule has 0 spiro atoms. The van der Waals surface area contributed by atoms with Crippen LogP contribution in [0.25, 0.3) is 0 Å². The molecule has 1 unspecified atom stereocenters. The lowest BCUT2D eigenvalue weighted by Gasteiger charge is -2.17. The highest BCUT2D eigenvalue weighted by molar-refractivity contribution is 9.10. The molecule has 0 fully saturated rings. The molecular formula is C10H9BrF3NO4S. The van der Waals surface area contributed by atoms with Crippen LogP contribution in [0.3, 0.4) is 0 Å². The van der Waals surface area contributed by atoms with E-state index in [0.717, 1.165) is 13.3 Å². The molecule has 1 atom stereocenters. The number of esters is 1. The van der Waals surface area contributed by atoms with E-state index in [1.165, 1.54) is 0 Å². The Balaban J connectivity index is 3.62. The fraction of sp³-hybridized carbons (Fsp3) is 0.400. The first kappa shape index (κ1) is 16.9. The zero-order valence-corrected chi connectivity index (χ0v) is 12.6. The van der Waals surface area contributed by atoms with Crippen LogP contribution in [0.5, 0.6) is 0 Å². The number of alkyl halides is 3. The lowest BCUT2D eigenvalue weighted by molar-refractivity contribution is -0.142. The smallest absolute Gasteiger partial charge is 0.418 e. The fourth-order valence-corrected chi connectivity index (χ4v) is 2.85. The summed E-state index contributed by atoms with van der Waals surface area (Å²) in [5.41, 5.74) is -2.22. The van der Waals surface area contributed by atoms with E-state index >= 15 is 0 Å². The molecule has 10 heteroatoms. The van der Waals surface area contributed by atoms with E-state index in [2.05, 4.69) is 25.7 Å². The van der Waals surface area contributed by atoms with Gasteiger partial charge in [-0.25, -0.2) is 8.42 Å². The SMILES string of the molecule is COC(=O)C(c1ncc(Br)cc1C(F)(F)F)S(C)(=O)=O. The monoisotopic (exact) mass is 375 g/mol. The summed E-state index contributed by atoms with van der Waals surface area (Å²) in [5.74, 6) is -1.33. The highest BCUT2D eigenvalue weighted by atomic mass is 79.9. The van der Waals surface area contributed by atoms with Crippen molar-refractivity contribution in [3.63, 3.8) is 0 Å². The zero-order valence-electron chi connectivity index (χ0n) is 10.2. The Morgan fingerprint density at radius 3 is 2.40 bits per heavy atom. The molecule has 0 aliphatic rings. The highest BCUT2D eigenvalue weighted by Crippen LogP contribution is 2.37. The van der Waals surface area contributed by atoms with Gasteiger partial charge in [0.05, 0.1) is 18.4 Å². The van der Waals surface area contributed by atoms with Crippen LogP contribution in [-0.4, -0.2) is 32.7 Å². The average Bonchev–Trinajstić information content (AvgIpc) is 2.28. The van der Waals surface area contributed by atoms with Crippen molar-refractivity contribution in [2.75, 3.05) is 13.4 Å². The summed E-state index contributed by atoms with van der Waals surface area (Å²) in [6.07, 6.45) is -3.24. The van der Waals surface area contributed by atoms with Gasteiger partial charge >= 0.3 is 12.1 Å². The van der Waals surface area contributed by atoms with Crippen LogP contribution in [0.15, 0.2) is 16.7 Å². The minimum absolute atomic E-state index is 0.00527. The van der Waals surface area contributed by atoms with Gasteiger partial charge in [0.15, 0.2) is 9.84 Å². The molecule has 1 rings (SSSR count). The minimum Gasteiger partial charge on any atom is -0.468 e. The average molecular weight is 376 g/mol. The first-order valence-corrected chi connectivity index (χ1v) is 7.72. The molecule has 20 heavy (non-hydrogen) atoms. The number of carbonyl (C=O) groups is 1. The Labute approximate surface area is 121 Å². The number of sulfone groups is 1. The van der Waals surface area contributed by atoms with Crippen LogP contribution in [0.1, 0.15) is 16.5 Å². The molecule has 0 radical (unpaired) electrons. The number of aromatic nitrogens is 1. The number of ether oxygens (including phenoxy) is 1. The third-order valence-electron chi connectivity index (χ3n) is 2.28. The Morgan fingerprint density at radius 2 is 2.00 bits per heavy atom. The fourth-order valence-electron chi connectivity index (χ4n) is 1.48. The molecule has 0 bridgehead atoms. The van der Waals surface area contributed by atoms with Gasteiger partial charge in [-0.3, -0.25) is 9.78 Å². The summed E-state index contributed by atoms with van der Waals surface area (Å²) in [4.78, 5) is 14.9. The second-order valence-corrected chi connectivity index (χ2v) is 6.86. The first-order valence-electron chi connectivity index (χ1n) is 4.97. The summed E-state index contributed by atoms with van der Waals surface area (Å²) in [6, 6.07) is 0.656. The quantitative estimate of drug-likeness (QED) is 0.756. The van der Waals surface area contributed by atoms with E-state index in [4.69, 9.17) is 0 Å². The van der Waals surface area contributed by atoms with E-state index in [1.807, 2.05) is 0 Å². The number of carbonyl (C=O) groups excluding carboxylic acids is 1. The van der Waals surface area contributed by atoms with Crippen LogP contribution < -0.4 is 0 Å². The number of methoxy groups -OCH3 is 1. The van der Waals surface area contributed by atoms with Crippen molar-refractivity contribution in [2.24, 2.45) is 0 Å². The Kier molecular flexibility index (Phi) is 4.80. The van der Waals surface area contributed by atoms with Gasteiger partial charge in [-0.15, -0.1) is 0 Å². The van der Waals surface area contributed by atoms with Gasteiger partial charge in [-0.2, -0.15) is 13.2 Å². The zero-order chi connectivity index (χ0) is 15.7. The summed E-state index contributed by atoms with van der Waals surface area (Å²) in [7, 11) is -3.30. The molecule has 0 aliphatic carbocycles. The van der Waals surface area contributed by atoms with Crippen LogP contribution in [0, 0.1) is 0 Å². The van der Waals surface area contributed by atoms with Crippen molar-refractivity contribution in [1.82, 2.24) is 4.98 Å². The maximum atomic E-state index is 12.9. The molecule has 1 heterocycles. The van der Waals surface area contributed by atoms with Crippen LogP contribution in [0.2, 0.25) is 0 Å². The van der Waals surface area contributed by atoms with Crippen molar-refractivity contribution in [1.29, 1.82) is 0 Å². The Hall–Kier alpha value is -1.16. The van der Waals surface area contributed by atoms with Crippen molar-refractivity contribution >= 4 is 31.7 Å². The Morgan fingerprint density at radius 1 is 1.45 bits per heavy atom. The lowest BCUT2D eigenvalue weighted by Crippen LogP contribution is -2.26. The molecular weight excluding hydrogens is 367 g/mol. The second-order valence-electron chi connectivity index (χ2n) is 3.82. The molecule has 0 saturated heterocycles. The van der Waals surface area contributed by atoms with Crippen molar-refractivity contribution in [3.05, 3.63) is 28.0 Å². The summed E-state index contributed by atoms with van der Waals surface area (Å²) < 4.78 is 66.2. The molecule has 0 N–H and O–H groups in total. The molecule has 0 saturated carbocycles. The molecule has 1 aromatic rings. The topological polar surface area (TPSA) is 73.3 Å². The van der Waals surface area contributed by atoms with Crippen LogP contribution >= 0.6 is 15.9 Å². The maximum Gasteiger partial charge on any atom is 0.418 e. The summed E-state index contributed by atoms with van der Waals surface area (Å²) >= 11 is 2.81. The Bertz CT molecular complexity index is 630. The minimum atomic E-state index is -4.86. The van der Waals surface area contributed by atoms with E-state index in [9.17, 15) is 26.4 Å². The van der Waals surface area contributed by atoms with Gasteiger partial charge in [0.1, 0.15) is 0 Å². The third-order valence-corrected chi connectivity index (χ3v) is 3.99.